The Morgan fingerprint density at radius 2 is 1.68 bits per heavy atom. The average molecular weight is 551 g/mol. The first-order chi connectivity index (χ1) is 18.3. The molecule has 38 heavy (non-hydrogen) atoms. The van der Waals surface area contributed by atoms with Crippen molar-refractivity contribution in [1.82, 2.24) is 19.7 Å². The van der Waals surface area contributed by atoms with Gasteiger partial charge in [-0.25, -0.2) is 8.60 Å². The lowest BCUT2D eigenvalue weighted by molar-refractivity contribution is 0.00876. The quantitative estimate of drug-likeness (QED) is 0.420. The molecule has 1 atom stereocenters. The Hall–Kier alpha value is -3.17. The third-order valence-corrected chi connectivity index (χ3v) is 7.60. The van der Waals surface area contributed by atoms with Crippen molar-refractivity contribution < 1.29 is 17.4 Å². The van der Waals surface area contributed by atoms with Crippen LogP contribution in [-0.4, -0.2) is 54.9 Å². The minimum Gasteiger partial charge on any atom is -0.338 e. The maximum Gasteiger partial charge on any atom is 0.316 e. The van der Waals surface area contributed by atoms with Crippen molar-refractivity contribution in [3.8, 4) is 6.07 Å². The molecule has 0 bridgehead atoms. The summed E-state index contributed by atoms with van der Waals surface area (Å²) in [6, 6.07) is 9.90. The Morgan fingerprint density at radius 1 is 1.11 bits per heavy atom. The van der Waals surface area contributed by atoms with Crippen LogP contribution in [0.25, 0.3) is 10.9 Å². The molecule has 2 N–H and O–H groups in total. The molecule has 1 aliphatic heterocycles. The predicted octanol–water partition coefficient (Wildman–Crippen LogP) is 5.49. The number of aromatic amines is 1. The number of fused-ring (bicyclic) bond motifs is 1. The fraction of sp³-hybridized carbons (Fsp3) is 0.500. The number of nitriles is 1. The second-order valence-electron chi connectivity index (χ2n) is 8.80. The standard InChI is InChI=1S/C22H24F3N5O2S.C2H3N.C2H6/c23-13-11-29(12-13)15-3-5-16(6-4-15)30-18-9-10-26-21(31)19(18)20(28-30)27-14-1-7-17(8-2-14)33(32)22(24)25;1-2-3;1-2/h1-2,7-10,13,15-16,22H,3-6,11-12H2,(H,26,31)(H,27,28);1H3;1-2H3. The highest BCUT2D eigenvalue weighted by Crippen LogP contribution is 2.36. The van der Waals surface area contributed by atoms with Crippen molar-refractivity contribution in [2.24, 2.45) is 0 Å². The molecule has 1 aromatic carbocycles. The first-order valence-corrected chi connectivity index (χ1v) is 13.9. The number of H-pyrrole nitrogens is 1. The highest BCUT2D eigenvalue weighted by Gasteiger charge is 2.35. The van der Waals surface area contributed by atoms with Gasteiger partial charge in [0.25, 0.3) is 5.56 Å². The summed E-state index contributed by atoms with van der Waals surface area (Å²) < 4.78 is 52.0. The van der Waals surface area contributed by atoms with Gasteiger partial charge in [0.15, 0.2) is 5.82 Å². The maximum absolute atomic E-state index is 13.2. The van der Waals surface area contributed by atoms with Gasteiger partial charge in [-0.05, 0) is 56.0 Å². The van der Waals surface area contributed by atoms with Crippen LogP contribution in [0.2, 0.25) is 0 Å². The van der Waals surface area contributed by atoms with E-state index in [4.69, 9.17) is 10.4 Å². The number of hydrogen-bond donors (Lipinski definition) is 2. The van der Waals surface area contributed by atoms with Crippen molar-refractivity contribution >= 4 is 33.2 Å². The van der Waals surface area contributed by atoms with Crippen LogP contribution >= 0.6 is 0 Å². The van der Waals surface area contributed by atoms with Crippen LogP contribution in [0.1, 0.15) is 52.5 Å². The van der Waals surface area contributed by atoms with E-state index in [9.17, 15) is 22.2 Å². The van der Waals surface area contributed by atoms with Gasteiger partial charge in [0.2, 0.25) is 0 Å². The summed E-state index contributed by atoms with van der Waals surface area (Å²) in [6.45, 7) is 6.47. The summed E-state index contributed by atoms with van der Waals surface area (Å²) in [7, 11) is -2.38. The zero-order valence-corrected chi connectivity index (χ0v) is 22.5. The molecule has 12 heteroatoms. The fourth-order valence-corrected chi connectivity index (χ4v) is 5.41. The lowest BCUT2D eigenvalue weighted by atomic mass is 9.88. The summed E-state index contributed by atoms with van der Waals surface area (Å²) in [5.74, 6) is -2.57. The molecule has 0 amide bonds. The highest BCUT2D eigenvalue weighted by molar-refractivity contribution is 7.85. The third-order valence-electron chi connectivity index (χ3n) is 6.54. The summed E-state index contributed by atoms with van der Waals surface area (Å²) in [5.41, 5.74) is 0.981. The Labute approximate surface area is 222 Å². The van der Waals surface area contributed by atoms with Crippen LogP contribution < -0.4 is 10.9 Å². The van der Waals surface area contributed by atoms with E-state index in [2.05, 4.69) is 15.2 Å². The average Bonchev–Trinajstić information content (AvgIpc) is 3.28. The topological polar surface area (TPSA) is 107 Å². The number of alkyl halides is 3. The molecule has 8 nitrogen and oxygen atoms in total. The lowest BCUT2D eigenvalue weighted by Gasteiger charge is -2.43. The van der Waals surface area contributed by atoms with Crippen LogP contribution in [0.4, 0.5) is 24.7 Å². The number of rotatable bonds is 6. The first-order valence-electron chi connectivity index (χ1n) is 12.7. The molecule has 1 unspecified atom stereocenters. The predicted molar refractivity (Wildman–Crippen MR) is 143 cm³/mol. The molecule has 206 valence electrons. The SMILES string of the molecule is CC.CC#N.O=c1[nH]ccc2c1c(Nc1ccc(S(=O)C(F)F)cc1)nn2C1CCC(N2CC(F)C2)CC1. The molecule has 2 fully saturated rings. The molecule has 1 aliphatic carbocycles. The molecule has 3 aromatic rings. The Morgan fingerprint density at radius 3 is 2.24 bits per heavy atom. The normalized spacial score (nSPS) is 20.4. The van der Waals surface area contributed by atoms with E-state index in [1.165, 1.54) is 31.2 Å². The van der Waals surface area contributed by atoms with E-state index in [0.29, 0.717) is 41.5 Å². The molecule has 0 spiro atoms. The molecule has 5 rings (SSSR count). The van der Waals surface area contributed by atoms with Gasteiger partial charge < -0.3 is 10.3 Å². The van der Waals surface area contributed by atoms with Crippen molar-refractivity contribution in [1.29, 1.82) is 5.26 Å². The second-order valence-corrected chi connectivity index (χ2v) is 10.2. The van der Waals surface area contributed by atoms with Crippen molar-refractivity contribution in [2.45, 2.75) is 75.4 Å². The van der Waals surface area contributed by atoms with Crippen molar-refractivity contribution in [3.05, 3.63) is 46.9 Å². The number of pyridine rings is 1. The third kappa shape index (κ3) is 6.63. The van der Waals surface area contributed by atoms with E-state index in [-0.39, 0.29) is 16.5 Å². The van der Waals surface area contributed by atoms with Crippen LogP contribution in [0.5, 0.6) is 0 Å². The van der Waals surface area contributed by atoms with Crippen molar-refractivity contribution in [2.75, 3.05) is 18.4 Å². The summed E-state index contributed by atoms with van der Waals surface area (Å²) in [5, 5.41) is 15.5. The number of hydrogen-bond acceptors (Lipinski definition) is 6. The molecule has 3 heterocycles. The molecule has 2 aliphatic rings. The highest BCUT2D eigenvalue weighted by atomic mass is 32.2. The molecular weight excluding hydrogens is 517 g/mol. The smallest absolute Gasteiger partial charge is 0.316 e. The summed E-state index contributed by atoms with van der Waals surface area (Å²) in [6.07, 6.45) is 4.56. The van der Waals surface area contributed by atoms with Gasteiger partial charge in [0, 0.05) is 42.8 Å². The number of halogens is 3. The van der Waals surface area contributed by atoms with Gasteiger partial charge >= 0.3 is 5.76 Å². The van der Waals surface area contributed by atoms with E-state index < -0.39 is 22.7 Å². The fourth-order valence-electron chi connectivity index (χ4n) is 4.80. The minimum absolute atomic E-state index is 0.0295. The Bertz CT molecular complexity index is 1310. The number of aromatic nitrogens is 3. The van der Waals surface area contributed by atoms with Gasteiger partial charge in [0.1, 0.15) is 22.4 Å². The van der Waals surface area contributed by atoms with Gasteiger partial charge in [-0.15, -0.1) is 0 Å². The molecule has 1 saturated heterocycles. The Balaban J connectivity index is 0.000000748. The van der Waals surface area contributed by atoms with Crippen molar-refractivity contribution in [3.63, 3.8) is 0 Å². The molecule has 2 aromatic heterocycles. The van der Waals surface area contributed by atoms with Crippen LogP contribution in [-0.2, 0) is 10.8 Å². The Kier molecular flexibility index (Phi) is 10.5. The summed E-state index contributed by atoms with van der Waals surface area (Å²) >= 11 is 0. The van der Waals surface area contributed by atoms with E-state index in [1.54, 1.807) is 12.3 Å². The molecular formula is C26H33F3N6O2S. The number of benzene rings is 1. The van der Waals surface area contributed by atoms with Gasteiger partial charge in [-0.3, -0.25) is 14.4 Å². The lowest BCUT2D eigenvalue weighted by Crippen LogP contribution is -2.54. The van der Waals surface area contributed by atoms with Gasteiger partial charge in [0.05, 0.1) is 17.6 Å². The largest absolute Gasteiger partial charge is 0.338 e. The first kappa shape index (κ1) is 29.4. The number of likely N-dealkylation sites (tertiary alicyclic amines) is 1. The zero-order chi connectivity index (χ0) is 27.8. The van der Waals surface area contributed by atoms with Gasteiger partial charge in [-0.2, -0.15) is 19.1 Å². The summed E-state index contributed by atoms with van der Waals surface area (Å²) in [4.78, 5) is 17.5. The van der Waals surface area contributed by atoms with Gasteiger partial charge in [-0.1, -0.05) is 13.8 Å². The van der Waals surface area contributed by atoms with E-state index in [1.807, 2.05) is 24.6 Å². The second kappa shape index (κ2) is 13.6. The molecule has 1 saturated carbocycles. The zero-order valence-electron chi connectivity index (χ0n) is 21.7. The van der Waals surface area contributed by atoms with E-state index in [0.717, 1.165) is 25.7 Å². The van der Waals surface area contributed by atoms with Crippen LogP contribution in [0, 0.1) is 11.3 Å². The number of nitrogens with zero attached hydrogens (tertiary/aromatic N) is 4. The number of nitrogens with one attached hydrogen (secondary N) is 2. The van der Waals surface area contributed by atoms with Crippen LogP contribution in [0.15, 0.2) is 46.2 Å². The maximum atomic E-state index is 13.2. The number of anilines is 2. The minimum atomic E-state index is -2.95. The van der Waals surface area contributed by atoms with E-state index >= 15 is 0 Å². The van der Waals surface area contributed by atoms with Crippen LogP contribution in [0.3, 0.4) is 0 Å². The monoisotopic (exact) mass is 550 g/mol. The molecule has 0 radical (unpaired) electrons.